The first kappa shape index (κ1) is 15.4. The lowest BCUT2D eigenvalue weighted by Crippen LogP contribution is -2.30. The normalized spacial score (nSPS) is 12.0. The van der Waals surface area contributed by atoms with Crippen LogP contribution in [0, 0.1) is 13.8 Å². The molecule has 21 heavy (non-hydrogen) atoms. The minimum Gasteiger partial charge on any atom is -0.497 e. The van der Waals surface area contributed by atoms with E-state index in [1.807, 2.05) is 24.3 Å². The van der Waals surface area contributed by atoms with E-state index in [9.17, 15) is 0 Å². The van der Waals surface area contributed by atoms with Crippen LogP contribution in [-0.2, 0) is 0 Å². The summed E-state index contributed by atoms with van der Waals surface area (Å²) in [5.41, 5.74) is 7.39. The van der Waals surface area contributed by atoms with E-state index in [0.29, 0.717) is 0 Å². The maximum absolute atomic E-state index is 5.84. The Morgan fingerprint density at radius 1 is 1.00 bits per heavy atom. The van der Waals surface area contributed by atoms with Crippen molar-refractivity contribution >= 4 is 0 Å². The molecule has 2 rings (SSSR count). The molecule has 4 nitrogen and oxygen atoms in total. The molecule has 0 heterocycles. The maximum Gasteiger partial charge on any atom is 0.124 e. The number of methoxy groups -OCH3 is 2. The van der Waals surface area contributed by atoms with Crippen molar-refractivity contribution in [2.24, 2.45) is 5.84 Å². The molecule has 0 aromatic heterocycles. The number of hydrogen-bond acceptors (Lipinski definition) is 4. The molecule has 0 amide bonds. The predicted octanol–water partition coefficient (Wildman–Crippen LogP) is 2.87. The topological polar surface area (TPSA) is 56.5 Å². The van der Waals surface area contributed by atoms with Crippen LogP contribution in [0.4, 0.5) is 0 Å². The van der Waals surface area contributed by atoms with Crippen LogP contribution >= 0.6 is 0 Å². The molecule has 4 heteroatoms. The van der Waals surface area contributed by atoms with E-state index in [0.717, 1.165) is 22.6 Å². The number of rotatable bonds is 5. The summed E-state index contributed by atoms with van der Waals surface area (Å²) >= 11 is 0. The molecule has 112 valence electrons. The Balaban J connectivity index is 2.61. The molecule has 0 aliphatic rings. The Bertz CT molecular complexity index is 606. The van der Waals surface area contributed by atoms with Crippen molar-refractivity contribution in [2.45, 2.75) is 19.9 Å². The average molecular weight is 286 g/mol. The summed E-state index contributed by atoms with van der Waals surface area (Å²) in [7, 11) is 3.30. The van der Waals surface area contributed by atoms with Crippen LogP contribution in [-0.4, -0.2) is 14.2 Å². The third-order valence-corrected chi connectivity index (χ3v) is 3.75. The third kappa shape index (κ3) is 3.01. The van der Waals surface area contributed by atoms with Gasteiger partial charge in [0.15, 0.2) is 0 Å². The van der Waals surface area contributed by atoms with Crippen molar-refractivity contribution in [3.63, 3.8) is 0 Å². The van der Waals surface area contributed by atoms with Gasteiger partial charge in [0.2, 0.25) is 0 Å². The second kappa shape index (κ2) is 6.61. The summed E-state index contributed by atoms with van der Waals surface area (Å²) in [6.07, 6.45) is 0. The number of nitrogens with two attached hydrogens (primary N) is 1. The number of benzene rings is 2. The fraction of sp³-hybridized carbons (Fsp3) is 0.294. The van der Waals surface area contributed by atoms with Crippen molar-refractivity contribution in [1.29, 1.82) is 0 Å². The Hall–Kier alpha value is -2.04. The molecule has 0 spiro atoms. The summed E-state index contributed by atoms with van der Waals surface area (Å²) in [5, 5.41) is 0. The molecule has 0 radical (unpaired) electrons. The number of ether oxygens (including phenoxy) is 2. The lowest BCUT2D eigenvalue weighted by Gasteiger charge is -2.23. The van der Waals surface area contributed by atoms with E-state index in [4.69, 9.17) is 15.3 Å². The first-order chi connectivity index (χ1) is 10.1. The maximum atomic E-state index is 5.84. The number of nitrogens with one attached hydrogen (secondary N) is 1. The fourth-order valence-corrected chi connectivity index (χ4v) is 2.68. The van der Waals surface area contributed by atoms with Gasteiger partial charge in [0.1, 0.15) is 11.5 Å². The lowest BCUT2D eigenvalue weighted by atomic mass is 9.91. The quantitative estimate of drug-likeness (QED) is 0.655. The number of hydrazine groups is 1. The minimum absolute atomic E-state index is 0.156. The van der Waals surface area contributed by atoms with Gasteiger partial charge in [-0.2, -0.15) is 0 Å². The zero-order valence-corrected chi connectivity index (χ0v) is 12.9. The van der Waals surface area contributed by atoms with Crippen molar-refractivity contribution in [2.75, 3.05) is 14.2 Å². The van der Waals surface area contributed by atoms with Gasteiger partial charge in [0.05, 0.1) is 20.3 Å². The first-order valence-electron chi connectivity index (χ1n) is 6.86. The van der Waals surface area contributed by atoms with Crippen LogP contribution < -0.4 is 20.7 Å². The SMILES string of the molecule is COc1ccc(OC)c(C(NN)c2c(C)cccc2C)c1. The van der Waals surface area contributed by atoms with Gasteiger partial charge in [0, 0.05) is 5.56 Å². The van der Waals surface area contributed by atoms with Gasteiger partial charge in [-0.1, -0.05) is 18.2 Å². The molecule has 0 saturated heterocycles. The molecule has 0 aliphatic carbocycles. The zero-order valence-electron chi connectivity index (χ0n) is 12.9. The second-order valence-electron chi connectivity index (χ2n) is 5.01. The Morgan fingerprint density at radius 2 is 1.67 bits per heavy atom. The van der Waals surface area contributed by atoms with Crippen LogP contribution in [0.15, 0.2) is 36.4 Å². The van der Waals surface area contributed by atoms with Crippen molar-refractivity contribution in [3.8, 4) is 11.5 Å². The van der Waals surface area contributed by atoms with Gasteiger partial charge < -0.3 is 9.47 Å². The van der Waals surface area contributed by atoms with Gasteiger partial charge in [-0.15, -0.1) is 0 Å². The van der Waals surface area contributed by atoms with E-state index >= 15 is 0 Å². The summed E-state index contributed by atoms with van der Waals surface area (Å²) in [4.78, 5) is 0. The van der Waals surface area contributed by atoms with Gasteiger partial charge >= 0.3 is 0 Å². The Morgan fingerprint density at radius 3 is 2.19 bits per heavy atom. The third-order valence-electron chi connectivity index (χ3n) is 3.75. The number of hydrogen-bond donors (Lipinski definition) is 2. The predicted molar refractivity (Wildman–Crippen MR) is 84.6 cm³/mol. The molecule has 0 bridgehead atoms. The average Bonchev–Trinajstić information content (AvgIpc) is 2.50. The monoisotopic (exact) mass is 286 g/mol. The van der Waals surface area contributed by atoms with E-state index in [1.165, 1.54) is 11.1 Å². The number of aryl methyl sites for hydroxylation is 2. The van der Waals surface area contributed by atoms with Gasteiger partial charge in [-0.3, -0.25) is 5.84 Å². The molecule has 2 aromatic rings. The summed E-state index contributed by atoms with van der Waals surface area (Å²) in [5.74, 6) is 7.40. The zero-order chi connectivity index (χ0) is 15.4. The molecule has 1 unspecified atom stereocenters. The van der Waals surface area contributed by atoms with Crippen LogP contribution in [0.3, 0.4) is 0 Å². The first-order valence-corrected chi connectivity index (χ1v) is 6.86. The van der Waals surface area contributed by atoms with Gasteiger partial charge in [0.25, 0.3) is 0 Å². The Kier molecular flexibility index (Phi) is 4.83. The van der Waals surface area contributed by atoms with Crippen LogP contribution in [0.2, 0.25) is 0 Å². The molecule has 3 N–H and O–H groups in total. The van der Waals surface area contributed by atoms with E-state index < -0.39 is 0 Å². The van der Waals surface area contributed by atoms with Gasteiger partial charge in [-0.25, -0.2) is 5.43 Å². The van der Waals surface area contributed by atoms with Crippen molar-refractivity contribution < 1.29 is 9.47 Å². The highest BCUT2D eigenvalue weighted by atomic mass is 16.5. The smallest absolute Gasteiger partial charge is 0.124 e. The fourth-order valence-electron chi connectivity index (χ4n) is 2.68. The van der Waals surface area contributed by atoms with Crippen LogP contribution in [0.5, 0.6) is 11.5 Å². The highest BCUT2D eigenvalue weighted by molar-refractivity contribution is 5.49. The van der Waals surface area contributed by atoms with Gasteiger partial charge in [-0.05, 0) is 48.7 Å². The molecular formula is C17H22N2O2. The van der Waals surface area contributed by atoms with Crippen molar-refractivity contribution in [1.82, 2.24) is 5.43 Å². The molecular weight excluding hydrogens is 264 g/mol. The Labute approximate surface area is 125 Å². The van der Waals surface area contributed by atoms with E-state index in [-0.39, 0.29) is 6.04 Å². The summed E-state index contributed by atoms with van der Waals surface area (Å²) < 4.78 is 10.8. The van der Waals surface area contributed by atoms with Crippen LogP contribution in [0.1, 0.15) is 28.3 Å². The summed E-state index contributed by atoms with van der Waals surface area (Å²) in [6.45, 7) is 4.17. The molecule has 0 saturated carbocycles. The van der Waals surface area contributed by atoms with Crippen molar-refractivity contribution in [3.05, 3.63) is 58.7 Å². The summed E-state index contributed by atoms with van der Waals surface area (Å²) in [6, 6.07) is 11.8. The van der Waals surface area contributed by atoms with E-state index in [2.05, 4.69) is 31.4 Å². The van der Waals surface area contributed by atoms with Crippen LogP contribution in [0.25, 0.3) is 0 Å². The van der Waals surface area contributed by atoms with E-state index in [1.54, 1.807) is 14.2 Å². The highest BCUT2D eigenvalue weighted by Gasteiger charge is 2.21. The molecule has 0 fully saturated rings. The molecule has 2 aromatic carbocycles. The minimum atomic E-state index is -0.156. The molecule has 0 aliphatic heterocycles. The standard InChI is InChI=1S/C17H22N2O2/c1-11-6-5-7-12(2)16(11)17(19-18)14-10-13(20-3)8-9-15(14)21-4/h5-10,17,19H,18H2,1-4H3. The second-order valence-corrected chi connectivity index (χ2v) is 5.01. The largest absolute Gasteiger partial charge is 0.497 e. The molecule has 1 atom stereocenters. The highest BCUT2D eigenvalue weighted by Crippen LogP contribution is 2.35. The lowest BCUT2D eigenvalue weighted by molar-refractivity contribution is 0.394.